The molecule has 0 fully saturated rings. The Kier molecular flexibility index (Phi) is 5.97. The standard InChI is InChI=1S/C23H25N3O/c1-17-8-10-19(11-9-17)15-20-6-4-5-7-22(20)23(27)26(3)18(2)14-21-16-24-12-13-25-21/h4-13,16,18H,14-15H2,1-3H3/t18-/m1/s1. The Labute approximate surface area is 160 Å². The van der Waals surface area contributed by atoms with E-state index in [-0.39, 0.29) is 11.9 Å². The molecule has 1 aromatic heterocycles. The molecule has 0 spiro atoms. The monoisotopic (exact) mass is 359 g/mol. The molecule has 4 nitrogen and oxygen atoms in total. The summed E-state index contributed by atoms with van der Waals surface area (Å²) in [4.78, 5) is 23.3. The van der Waals surface area contributed by atoms with Crippen LogP contribution in [0.15, 0.2) is 67.1 Å². The molecule has 1 amide bonds. The summed E-state index contributed by atoms with van der Waals surface area (Å²) >= 11 is 0. The van der Waals surface area contributed by atoms with Gasteiger partial charge in [0.15, 0.2) is 0 Å². The van der Waals surface area contributed by atoms with Gasteiger partial charge in [0.2, 0.25) is 0 Å². The minimum atomic E-state index is 0.0293. The van der Waals surface area contributed by atoms with Crippen LogP contribution in [0.5, 0.6) is 0 Å². The summed E-state index contributed by atoms with van der Waals surface area (Å²) in [5, 5.41) is 0. The summed E-state index contributed by atoms with van der Waals surface area (Å²) in [7, 11) is 1.85. The quantitative estimate of drug-likeness (QED) is 0.666. The van der Waals surface area contributed by atoms with Crippen LogP contribution in [0.3, 0.4) is 0 Å². The van der Waals surface area contributed by atoms with Crippen molar-refractivity contribution in [3.63, 3.8) is 0 Å². The van der Waals surface area contributed by atoms with Crippen LogP contribution in [0.1, 0.15) is 39.7 Å². The van der Waals surface area contributed by atoms with E-state index in [1.807, 2.05) is 38.2 Å². The van der Waals surface area contributed by atoms with Crippen molar-refractivity contribution in [2.75, 3.05) is 7.05 Å². The third kappa shape index (κ3) is 4.79. The van der Waals surface area contributed by atoms with E-state index in [0.29, 0.717) is 6.42 Å². The summed E-state index contributed by atoms with van der Waals surface area (Å²) in [6.45, 7) is 4.11. The van der Waals surface area contributed by atoms with E-state index >= 15 is 0 Å². The predicted molar refractivity (Wildman–Crippen MR) is 108 cm³/mol. The highest BCUT2D eigenvalue weighted by atomic mass is 16.2. The van der Waals surface area contributed by atoms with Gasteiger partial charge in [-0.05, 0) is 37.5 Å². The van der Waals surface area contributed by atoms with Crippen LogP contribution >= 0.6 is 0 Å². The van der Waals surface area contributed by atoms with Crippen molar-refractivity contribution in [3.8, 4) is 0 Å². The molecule has 0 aliphatic rings. The zero-order valence-corrected chi connectivity index (χ0v) is 16.1. The van der Waals surface area contributed by atoms with Crippen molar-refractivity contribution in [2.24, 2.45) is 0 Å². The first-order valence-corrected chi connectivity index (χ1v) is 9.20. The second-order valence-electron chi connectivity index (χ2n) is 6.99. The van der Waals surface area contributed by atoms with Gasteiger partial charge >= 0.3 is 0 Å². The molecule has 27 heavy (non-hydrogen) atoms. The van der Waals surface area contributed by atoms with Gasteiger partial charge < -0.3 is 4.90 Å². The van der Waals surface area contributed by atoms with Crippen molar-refractivity contribution in [3.05, 3.63) is 95.1 Å². The third-order valence-electron chi connectivity index (χ3n) is 4.87. The van der Waals surface area contributed by atoms with Gasteiger partial charge in [0.25, 0.3) is 5.91 Å². The van der Waals surface area contributed by atoms with Gasteiger partial charge in [0, 0.05) is 43.7 Å². The van der Waals surface area contributed by atoms with Crippen LogP contribution in [0, 0.1) is 6.92 Å². The minimum absolute atomic E-state index is 0.0293. The third-order valence-corrected chi connectivity index (χ3v) is 4.87. The number of nitrogens with zero attached hydrogens (tertiary/aromatic N) is 3. The number of benzene rings is 2. The molecule has 1 atom stereocenters. The number of rotatable bonds is 6. The lowest BCUT2D eigenvalue weighted by Crippen LogP contribution is -2.37. The second-order valence-corrected chi connectivity index (χ2v) is 6.99. The van der Waals surface area contributed by atoms with E-state index in [1.165, 1.54) is 11.1 Å². The van der Waals surface area contributed by atoms with E-state index in [1.54, 1.807) is 23.5 Å². The number of aryl methyl sites for hydroxylation is 1. The van der Waals surface area contributed by atoms with E-state index in [9.17, 15) is 4.79 Å². The molecule has 3 rings (SSSR count). The lowest BCUT2D eigenvalue weighted by molar-refractivity contribution is 0.0742. The van der Waals surface area contributed by atoms with Gasteiger partial charge in [-0.25, -0.2) is 0 Å². The Morgan fingerprint density at radius 2 is 1.81 bits per heavy atom. The topological polar surface area (TPSA) is 46.1 Å². The predicted octanol–water partition coefficient (Wildman–Crippen LogP) is 4.08. The molecular weight excluding hydrogens is 334 g/mol. The molecule has 0 bridgehead atoms. The fourth-order valence-electron chi connectivity index (χ4n) is 3.07. The molecule has 3 aromatic rings. The first-order valence-electron chi connectivity index (χ1n) is 9.20. The maximum absolute atomic E-state index is 13.1. The lowest BCUT2D eigenvalue weighted by Gasteiger charge is -2.25. The van der Waals surface area contributed by atoms with Crippen molar-refractivity contribution in [2.45, 2.75) is 32.7 Å². The first-order chi connectivity index (χ1) is 13.0. The summed E-state index contributed by atoms with van der Waals surface area (Å²) in [6, 6.07) is 16.3. The number of hydrogen-bond donors (Lipinski definition) is 0. The van der Waals surface area contributed by atoms with Crippen LogP contribution in [0.2, 0.25) is 0 Å². The molecule has 4 heteroatoms. The van der Waals surface area contributed by atoms with Gasteiger partial charge in [-0.15, -0.1) is 0 Å². The molecule has 0 saturated carbocycles. The Hall–Kier alpha value is -3.01. The lowest BCUT2D eigenvalue weighted by atomic mass is 9.98. The van der Waals surface area contributed by atoms with Crippen molar-refractivity contribution in [1.29, 1.82) is 0 Å². The van der Waals surface area contributed by atoms with Crippen molar-refractivity contribution in [1.82, 2.24) is 14.9 Å². The summed E-state index contributed by atoms with van der Waals surface area (Å²) < 4.78 is 0. The zero-order valence-electron chi connectivity index (χ0n) is 16.1. The summed E-state index contributed by atoms with van der Waals surface area (Å²) in [5.74, 6) is 0.0362. The van der Waals surface area contributed by atoms with Crippen LogP contribution in [-0.2, 0) is 12.8 Å². The average Bonchev–Trinajstić information content (AvgIpc) is 2.70. The largest absolute Gasteiger partial charge is 0.339 e. The maximum Gasteiger partial charge on any atom is 0.254 e. The Bertz CT molecular complexity index is 891. The van der Waals surface area contributed by atoms with E-state index in [0.717, 1.165) is 23.2 Å². The smallest absolute Gasteiger partial charge is 0.254 e. The van der Waals surface area contributed by atoms with Gasteiger partial charge in [0.1, 0.15) is 0 Å². The molecule has 1 heterocycles. The fourth-order valence-corrected chi connectivity index (χ4v) is 3.07. The second kappa shape index (κ2) is 8.58. The Balaban J connectivity index is 1.76. The van der Waals surface area contributed by atoms with Crippen LogP contribution in [0.4, 0.5) is 0 Å². The van der Waals surface area contributed by atoms with E-state index < -0.39 is 0 Å². The van der Waals surface area contributed by atoms with Crippen molar-refractivity contribution < 1.29 is 4.79 Å². The van der Waals surface area contributed by atoms with Gasteiger partial charge in [-0.1, -0.05) is 48.0 Å². The SMILES string of the molecule is Cc1ccc(Cc2ccccc2C(=O)N(C)[C@H](C)Cc2cnccn2)cc1. The van der Waals surface area contributed by atoms with Crippen molar-refractivity contribution >= 4 is 5.91 Å². The Morgan fingerprint density at radius 3 is 2.52 bits per heavy atom. The number of likely N-dealkylation sites (N-methyl/N-ethyl adjacent to an activating group) is 1. The fraction of sp³-hybridized carbons (Fsp3) is 0.261. The molecule has 2 aromatic carbocycles. The molecule has 0 radical (unpaired) electrons. The highest BCUT2D eigenvalue weighted by molar-refractivity contribution is 5.95. The van der Waals surface area contributed by atoms with E-state index in [4.69, 9.17) is 0 Å². The molecule has 138 valence electrons. The highest BCUT2D eigenvalue weighted by Gasteiger charge is 2.20. The number of carbonyl (C=O) groups is 1. The summed E-state index contributed by atoms with van der Waals surface area (Å²) in [5.41, 5.74) is 5.13. The van der Waals surface area contributed by atoms with Gasteiger partial charge in [-0.3, -0.25) is 14.8 Å². The normalized spacial score (nSPS) is 11.8. The Morgan fingerprint density at radius 1 is 1.07 bits per heavy atom. The average molecular weight is 359 g/mol. The minimum Gasteiger partial charge on any atom is -0.339 e. The number of hydrogen-bond acceptors (Lipinski definition) is 3. The van der Waals surface area contributed by atoms with Gasteiger partial charge in [0.05, 0.1) is 5.69 Å². The zero-order chi connectivity index (χ0) is 19.2. The van der Waals surface area contributed by atoms with Crippen LogP contribution in [-0.4, -0.2) is 33.9 Å². The molecular formula is C23H25N3O. The number of aromatic nitrogens is 2. The molecule has 0 aliphatic heterocycles. The van der Waals surface area contributed by atoms with Crippen LogP contribution < -0.4 is 0 Å². The molecule has 0 aliphatic carbocycles. The highest BCUT2D eigenvalue weighted by Crippen LogP contribution is 2.18. The molecule has 0 saturated heterocycles. The summed E-state index contributed by atoms with van der Waals surface area (Å²) in [6.07, 6.45) is 6.51. The van der Waals surface area contributed by atoms with Gasteiger partial charge in [-0.2, -0.15) is 0 Å². The number of amides is 1. The number of carbonyl (C=O) groups excluding carboxylic acids is 1. The molecule has 0 unspecified atom stereocenters. The van der Waals surface area contributed by atoms with E-state index in [2.05, 4.69) is 41.2 Å². The first kappa shape index (κ1) is 18.8. The van der Waals surface area contributed by atoms with Crippen LogP contribution in [0.25, 0.3) is 0 Å². The maximum atomic E-state index is 13.1. The molecule has 0 N–H and O–H groups in total.